The van der Waals surface area contributed by atoms with Crippen LogP contribution in [-0.2, 0) is 6.54 Å². The fourth-order valence-electron chi connectivity index (χ4n) is 2.48. The Morgan fingerprint density at radius 2 is 1.77 bits per heavy atom. The Morgan fingerprint density at radius 3 is 2.50 bits per heavy atom. The number of hydrogen-bond donors (Lipinski definition) is 1. The van der Waals surface area contributed by atoms with Gasteiger partial charge >= 0.3 is 0 Å². The summed E-state index contributed by atoms with van der Waals surface area (Å²) in [7, 11) is 0. The van der Waals surface area contributed by atoms with Gasteiger partial charge in [0.15, 0.2) is 0 Å². The minimum absolute atomic E-state index is 0.0666. The van der Waals surface area contributed by atoms with E-state index in [-0.39, 0.29) is 5.91 Å². The van der Waals surface area contributed by atoms with E-state index in [2.05, 4.69) is 19.9 Å². The molecular weight excluding hydrogens is 364 g/mol. The summed E-state index contributed by atoms with van der Waals surface area (Å²) >= 11 is 2.81. The van der Waals surface area contributed by atoms with Crippen LogP contribution in [0.15, 0.2) is 66.3 Å². The maximum Gasteiger partial charge on any atom is 0.261 e. The number of pyridine rings is 1. The van der Waals surface area contributed by atoms with Crippen LogP contribution >= 0.6 is 22.9 Å². The third kappa shape index (κ3) is 3.68. The van der Waals surface area contributed by atoms with Gasteiger partial charge in [0.1, 0.15) is 5.69 Å². The molecule has 0 unspecified atom stereocenters. The van der Waals surface area contributed by atoms with Crippen molar-refractivity contribution in [2.45, 2.75) is 6.54 Å². The second-order valence-corrected chi connectivity index (χ2v) is 7.26. The summed E-state index contributed by atoms with van der Waals surface area (Å²) in [6.45, 7) is 0.483. The molecule has 0 aliphatic carbocycles. The number of benzene rings is 1. The van der Waals surface area contributed by atoms with Crippen LogP contribution in [0.4, 0.5) is 0 Å². The molecule has 0 fully saturated rings. The molecule has 5 nitrogen and oxygen atoms in total. The zero-order chi connectivity index (χ0) is 17.8. The lowest BCUT2D eigenvalue weighted by Gasteiger charge is -2.05. The van der Waals surface area contributed by atoms with Crippen LogP contribution < -0.4 is 5.32 Å². The lowest BCUT2D eigenvalue weighted by Crippen LogP contribution is -2.21. The number of amides is 1. The predicted molar refractivity (Wildman–Crippen MR) is 104 cm³/mol. The molecule has 0 saturated heterocycles. The fraction of sp³-hybridized carbons (Fsp3) is 0.0526. The molecule has 1 N–H and O–H groups in total. The van der Waals surface area contributed by atoms with Gasteiger partial charge in [-0.1, -0.05) is 28.8 Å². The number of nitrogens with zero attached hydrogens (tertiary/aromatic N) is 3. The van der Waals surface area contributed by atoms with Gasteiger partial charge in [0.2, 0.25) is 0 Å². The molecule has 3 heterocycles. The Labute approximate surface area is 158 Å². The van der Waals surface area contributed by atoms with Crippen molar-refractivity contribution in [2.75, 3.05) is 0 Å². The highest BCUT2D eigenvalue weighted by Gasteiger charge is 2.10. The van der Waals surface area contributed by atoms with Crippen molar-refractivity contribution in [2.24, 2.45) is 0 Å². The molecule has 0 saturated carbocycles. The van der Waals surface area contributed by atoms with E-state index in [0.717, 1.165) is 27.3 Å². The van der Waals surface area contributed by atoms with E-state index in [1.807, 2.05) is 53.9 Å². The van der Waals surface area contributed by atoms with Crippen LogP contribution in [0.5, 0.6) is 0 Å². The molecule has 0 bridgehead atoms. The van der Waals surface area contributed by atoms with Gasteiger partial charge in [-0.05, 0) is 46.9 Å². The maximum atomic E-state index is 12.4. The van der Waals surface area contributed by atoms with Crippen LogP contribution in [0.3, 0.4) is 0 Å². The molecule has 3 aromatic heterocycles. The summed E-state index contributed by atoms with van der Waals surface area (Å²) in [5, 5.41) is 8.93. The summed E-state index contributed by atoms with van der Waals surface area (Å²) in [6, 6.07) is 15.7. The molecule has 1 aromatic carbocycles. The van der Waals surface area contributed by atoms with E-state index in [0.29, 0.717) is 11.4 Å². The number of carbonyl (C=O) groups is 1. The lowest BCUT2D eigenvalue weighted by molar-refractivity contribution is 0.0955. The summed E-state index contributed by atoms with van der Waals surface area (Å²) in [5.74, 6) is -0.0666. The Morgan fingerprint density at radius 1 is 0.962 bits per heavy atom. The van der Waals surface area contributed by atoms with Crippen molar-refractivity contribution in [1.82, 2.24) is 19.9 Å². The summed E-state index contributed by atoms with van der Waals surface area (Å²) in [5.41, 5.74) is 3.99. The van der Waals surface area contributed by atoms with Crippen LogP contribution in [-0.4, -0.2) is 20.5 Å². The monoisotopic (exact) mass is 378 g/mol. The van der Waals surface area contributed by atoms with Crippen LogP contribution in [0.2, 0.25) is 0 Å². The first-order valence-electron chi connectivity index (χ1n) is 7.94. The predicted octanol–water partition coefficient (Wildman–Crippen LogP) is 4.26. The number of thiophene rings is 1. The minimum atomic E-state index is -0.0666. The second-order valence-electron chi connectivity index (χ2n) is 5.57. The summed E-state index contributed by atoms with van der Waals surface area (Å²) in [6.07, 6.45) is 3.50. The van der Waals surface area contributed by atoms with E-state index in [1.165, 1.54) is 22.9 Å². The summed E-state index contributed by atoms with van der Waals surface area (Å²) in [4.78, 5) is 18.2. The van der Waals surface area contributed by atoms with Gasteiger partial charge in [-0.2, -0.15) is 0 Å². The highest BCUT2D eigenvalue weighted by molar-refractivity contribution is 7.17. The largest absolute Gasteiger partial charge is 0.347 e. The topological polar surface area (TPSA) is 67.8 Å². The van der Waals surface area contributed by atoms with E-state index in [1.54, 1.807) is 12.4 Å². The molecule has 7 heteroatoms. The number of aromatic nitrogens is 3. The van der Waals surface area contributed by atoms with Crippen molar-refractivity contribution in [3.8, 4) is 21.7 Å². The maximum absolute atomic E-state index is 12.4. The van der Waals surface area contributed by atoms with Gasteiger partial charge < -0.3 is 5.32 Å². The Bertz CT molecular complexity index is 996. The highest BCUT2D eigenvalue weighted by atomic mass is 32.1. The van der Waals surface area contributed by atoms with Gasteiger partial charge in [-0.25, -0.2) is 0 Å². The van der Waals surface area contributed by atoms with Crippen molar-refractivity contribution >= 4 is 28.8 Å². The summed E-state index contributed by atoms with van der Waals surface area (Å²) < 4.78 is 3.87. The molecule has 0 aliphatic heterocycles. The highest BCUT2D eigenvalue weighted by Crippen LogP contribution is 2.27. The molecule has 0 atom stereocenters. The molecule has 128 valence electrons. The second kappa shape index (κ2) is 7.55. The molecule has 0 spiro atoms. The molecule has 0 aliphatic rings. The SMILES string of the molecule is O=C(NCc1ccc(-c2csnn2)cc1)c1ccc(-c2ccncc2)s1. The quantitative estimate of drug-likeness (QED) is 0.563. The van der Waals surface area contributed by atoms with Gasteiger partial charge in [0.05, 0.1) is 4.88 Å². The van der Waals surface area contributed by atoms with Crippen LogP contribution in [0.1, 0.15) is 15.2 Å². The molecular formula is C19H14N4OS2. The zero-order valence-corrected chi connectivity index (χ0v) is 15.3. The van der Waals surface area contributed by atoms with Crippen molar-refractivity contribution in [3.05, 3.63) is 76.7 Å². The molecule has 0 radical (unpaired) electrons. The molecule has 4 aromatic rings. The average molecular weight is 378 g/mol. The first-order chi connectivity index (χ1) is 12.8. The Hall–Kier alpha value is -2.90. The number of hydrogen-bond acceptors (Lipinski definition) is 6. The lowest BCUT2D eigenvalue weighted by atomic mass is 10.1. The molecule has 1 amide bonds. The first kappa shape index (κ1) is 16.6. The van der Waals surface area contributed by atoms with Gasteiger partial charge in [-0.3, -0.25) is 9.78 Å². The number of carbonyl (C=O) groups excluding carboxylic acids is 1. The fourth-order valence-corrected chi connectivity index (χ4v) is 3.88. The third-order valence-electron chi connectivity index (χ3n) is 3.86. The third-order valence-corrected chi connectivity index (χ3v) is 5.50. The van der Waals surface area contributed by atoms with Crippen LogP contribution in [0, 0.1) is 0 Å². The number of nitrogens with one attached hydrogen (secondary N) is 1. The van der Waals surface area contributed by atoms with E-state index < -0.39 is 0 Å². The number of rotatable bonds is 5. The Balaban J connectivity index is 1.39. The van der Waals surface area contributed by atoms with Crippen LogP contribution in [0.25, 0.3) is 21.7 Å². The van der Waals surface area contributed by atoms with Gasteiger partial charge in [0.25, 0.3) is 5.91 Å². The smallest absolute Gasteiger partial charge is 0.261 e. The van der Waals surface area contributed by atoms with Crippen molar-refractivity contribution < 1.29 is 4.79 Å². The van der Waals surface area contributed by atoms with Gasteiger partial charge in [0, 0.05) is 34.8 Å². The average Bonchev–Trinajstić information content (AvgIpc) is 3.39. The normalized spacial score (nSPS) is 10.6. The first-order valence-corrected chi connectivity index (χ1v) is 9.60. The zero-order valence-electron chi connectivity index (χ0n) is 13.6. The van der Waals surface area contributed by atoms with E-state index in [9.17, 15) is 4.79 Å². The van der Waals surface area contributed by atoms with Crippen molar-refractivity contribution in [1.29, 1.82) is 0 Å². The standard InChI is InChI=1S/C19H14N4OS2/c24-19(18-6-5-17(26-18)15-7-9-20-10-8-15)21-11-13-1-3-14(4-2-13)16-12-25-23-22-16/h1-10,12H,11H2,(H,21,24). The molecule has 26 heavy (non-hydrogen) atoms. The minimum Gasteiger partial charge on any atom is -0.347 e. The Kier molecular flexibility index (Phi) is 4.81. The molecule has 4 rings (SSSR count). The van der Waals surface area contributed by atoms with Crippen molar-refractivity contribution in [3.63, 3.8) is 0 Å². The van der Waals surface area contributed by atoms with E-state index in [4.69, 9.17) is 0 Å². The van der Waals surface area contributed by atoms with E-state index >= 15 is 0 Å². The van der Waals surface area contributed by atoms with Gasteiger partial charge in [-0.15, -0.1) is 16.4 Å².